The monoisotopic (exact) mass is 372 g/mol. The van der Waals surface area contributed by atoms with Crippen LogP contribution in [0.3, 0.4) is 0 Å². The SMILES string of the molecule is Cc1cncc(C(=O)Nc2cccc([C@H](C)Nc3cnc4ccoc4c3)c2)c1. The first-order valence-corrected chi connectivity index (χ1v) is 9.01. The number of nitrogens with zero attached hydrogens (tertiary/aromatic N) is 2. The molecule has 6 heteroatoms. The minimum atomic E-state index is -0.179. The van der Waals surface area contributed by atoms with Gasteiger partial charge in [0.25, 0.3) is 5.91 Å². The molecule has 140 valence electrons. The topological polar surface area (TPSA) is 80.0 Å². The number of nitrogens with one attached hydrogen (secondary N) is 2. The second-order valence-corrected chi connectivity index (χ2v) is 6.72. The van der Waals surface area contributed by atoms with Gasteiger partial charge in [0.15, 0.2) is 5.58 Å². The Kier molecular flexibility index (Phi) is 4.76. The van der Waals surface area contributed by atoms with E-state index in [4.69, 9.17) is 4.42 Å². The summed E-state index contributed by atoms with van der Waals surface area (Å²) in [7, 11) is 0. The largest absolute Gasteiger partial charge is 0.463 e. The highest BCUT2D eigenvalue weighted by atomic mass is 16.3. The lowest BCUT2D eigenvalue weighted by Crippen LogP contribution is -2.13. The first-order valence-electron chi connectivity index (χ1n) is 9.01. The summed E-state index contributed by atoms with van der Waals surface area (Å²) in [4.78, 5) is 20.9. The van der Waals surface area contributed by atoms with E-state index in [9.17, 15) is 4.79 Å². The van der Waals surface area contributed by atoms with Crippen molar-refractivity contribution < 1.29 is 9.21 Å². The van der Waals surface area contributed by atoms with Crippen molar-refractivity contribution in [2.45, 2.75) is 19.9 Å². The molecule has 0 bridgehead atoms. The summed E-state index contributed by atoms with van der Waals surface area (Å²) in [5.74, 6) is -0.179. The molecule has 4 rings (SSSR count). The van der Waals surface area contributed by atoms with Gasteiger partial charge in [-0.1, -0.05) is 12.1 Å². The molecule has 0 spiro atoms. The number of aromatic nitrogens is 2. The summed E-state index contributed by atoms with van der Waals surface area (Å²) < 4.78 is 5.40. The van der Waals surface area contributed by atoms with Crippen LogP contribution in [0.5, 0.6) is 0 Å². The Morgan fingerprint density at radius 1 is 1.07 bits per heavy atom. The third kappa shape index (κ3) is 3.86. The molecule has 0 unspecified atom stereocenters. The summed E-state index contributed by atoms with van der Waals surface area (Å²) in [6.45, 7) is 3.96. The van der Waals surface area contributed by atoms with E-state index >= 15 is 0 Å². The minimum Gasteiger partial charge on any atom is -0.463 e. The Balaban J connectivity index is 1.48. The van der Waals surface area contributed by atoms with E-state index in [0.717, 1.165) is 33.6 Å². The fourth-order valence-corrected chi connectivity index (χ4v) is 3.03. The van der Waals surface area contributed by atoms with Crippen LogP contribution in [0.4, 0.5) is 11.4 Å². The number of rotatable bonds is 5. The molecule has 0 saturated carbocycles. The molecule has 0 saturated heterocycles. The van der Waals surface area contributed by atoms with Crippen LogP contribution in [-0.4, -0.2) is 15.9 Å². The van der Waals surface area contributed by atoms with Crippen molar-refractivity contribution in [2.75, 3.05) is 10.6 Å². The van der Waals surface area contributed by atoms with Crippen LogP contribution in [0, 0.1) is 6.92 Å². The summed E-state index contributed by atoms with van der Waals surface area (Å²) in [6, 6.07) is 13.4. The van der Waals surface area contributed by atoms with Gasteiger partial charge in [0.2, 0.25) is 0 Å². The number of amides is 1. The summed E-state index contributed by atoms with van der Waals surface area (Å²) in [5.41, 5.74) is 5.70. The minimum absolute atomic E-state index is 0.0201. The average molecular weight is 372 g/mol. The Morgan fingerprint density at radius 3 is 2.82 bits per heavy atom. The highest BCUT2D eigenvalue weighted by Crippen LogP contribution is 2.24. The maximum atomic E-state index is 12.5. The maximum Gasteiger partial charge on any atom is 0.257 e. The fourth-order valence-electron chi connectivity index (χ4n) is 3.03. The number of carbonyl (C=O) groups is 1. The fraction of sp³-hybridized carbons (Fsp3) is 0.136. The van der Waals surface area contributed by atoms with Gasteiger partial charge in [-0.15, -0.1) is 0 Å². The number of hydrogen-bond donors (Lipinski definition) is 2. The molecule has 0 aliphatic heterocycles. The summed E-state index contributed by atoms with van der Waals surface area (Å²) in [6.07, 6.45) is 6.69. The molecule has 4 aromatic rings. The van der Waals surface area contributed by atoms with Crippen LogP contribution in [0.25, 0.3) is 11.1 Å². The quantitative estimate of drug-likeness (QED) is 0.518. The molecule has 0 aliphatic carbocycles. The normalized spacial score (nSPS) is 11.9. The summed E-state index contributed by atoms with van der Waals surface area (Å²) >= 11 is 0. The second kappa shape index (κ2) is 7.52. The van der Waals surface area contributed by atoms with Gasteiger partial charge in [-0.3, -0.25) is 14.8 Å². The number of pyridine rings is 2. The molecule has 1 amide bonds. The number of aryl methyl sites for hydroxylation is 1. The van der Waals surface area contributed by atoms with Crippen molar-refractivity contribution >= 4 is 28.4 Å². The molecule has 0 radical (unpaired) electrons. The number of fused-ring (bicyclic) bond motifs is 1. The Morgan fingerprint density at radius 2 is 1.96 bits per heavy atom. The average Bonchev–Trinajstić information content (AvgIpc) is 3.16. The van der Waals surface area contributed by atoms with Crippen LogP contribution >= 0.6 is 0 Å². The number of carbonyl (C=O) groups excluding carboxylic acids is 1. The van der Waals surface area contributed by atoms with Gasteiger partial charge in [-0.2, -0.15) is 0 Å². The third-order valence-corrected chi connectivity index (χ3v) is 4.47. The van der Waals surface area contributed by atoms with Gasteiger partial charge >= 0.3 is 0 Å². The van der Waals surface area contributed by atoms with E-state index in [1.54, 1.807) is 24.9 Å². The summed E-state index contributed by atoms with van der Waals surface area (Å²) in [5, 5.41) is 6.35. The zero-order valence-electron chi connectivity index (χ0n) is 15.6. The molecule has 0 aliphatic rings. The van der Waals surface area contributed by atoms with E-state index < -0.39 is 0 Å². The zero-order valence-corrected chi connectivity index (χ0v) is 15.6. The van der Waals surface area contributed by atoms with Crippen LogP contribution in [0.2, 0.25) is 0 Å². The molecular weight excluding hydrogens is 352 g/mol. The second-order valence-electron chi connectivity index (χ2n) is 6.72. The van der Waals surface area contributed by atoms with E-state index in [2.05, 4.69) is 27.5 Å². The molecular formula is C22H20N4O2. The highest BCUT2D eigenvalue weighted by molar-refractivity contribution is 6.04. The lowest BCUT2D eigenvalue weighted by Gasteiger charge is -2.16. The van der Waals surface area contributed by atoms with Gasteiger partial charge in [0, 0.05) is 36.3 Å². The van der Waals surface area contributed by atoms with Crippen molar-refractivity contribution in [2.24, 2.45) is 0 Å². The number of benzene rings is 1. The lowest BCUT2D eigenvalue weighted by molar-refractivity contribution is 0.102. The van der Waals surface area contributed by atoms with Crippen molar-refractivity contribution in [1.29, 1.82) is 0 Å². The first kappa shape index (κ1) is 17.7. The maximum absolute atomic E-state index is 12.5. The van der Waals surface area contributed by atoms with Crippen molar-refractivity contribution in [3.8, 4) is 0 Å². The molecule has 28 heavy (non-hydrogen) atoms. The number of furan rings is 1. The standard InChI is InChI=1S/C22H20N4O2/c1-14-8-17(12-23-11-14)22(27)26-18-5-3-4-16(9-18)15(2)25-19-10-21-20(24-13-19)6-7-28-21/h3-13,15,25H,1-2H3,(H,26,27)/t15-/m0/s1. The van der Waals surface area contributed by atoms with E-state index in [1.165, 1.54) is 0 Å². The Hall–Kier alpha value is -3.67. The zero-order chi connectivity index (χ0) is 19.5. The smallest absolute Gasteiger partial charge is 0.257 e. The van der Waals surface area contributed by atoms with Crippen molar-refractivity contribution in [3.05, 3.63) is 84.0 Å². The lowest BCUT2D eigenvalue weighted by atomic mass is 10.1. The van der Waals surface area contributed by atoms with Crippen molar-refractivity contribution in [3.63, 3.8) is 0 Å². The van der Waals surface area contributed by atoms with Gasteiger partial charge in [-0.05, 0) is 43.2 Å². The van der Waals surface area contributed by atoms with Crippen LogP contribution in [0.15, 0.2) is 71.7 Å². The van der Waals surface area contributed by atoms with Crippen LogP contribution in [-0.2, 0) is 0 Å². The van der Waals surface area contributed by atoms with Crippen molar-refractivity contribution in [1.82, 2.24) is 9.97 Å². The Bertz CT molecular complexity index is 1140. The molecule has 1 atom stereocenters. The predicted molar refractivity (Wildman–Crippen MR) is 109 cm³/mol. The van der Waals surface area contributed by atoms with E-state index in [0.29, 0.717) is 5.56 Å². The molecule has 3 aromatic heterocycles. The van der Waals surface area contributed by atoms with E-state index in [-0.39, 0.29) is 11.9 Å². The van der Waals surface area contributed by atoms with Gasteiger partial charge in [0.05, 0.1) is 23.7 Å². The Labute approximate surface area is 162 Å². The molecule has 2 N–H and O–H groups in total. The van der Waals surface area contributed by atoms with Crippen LogP contribution < -0.4 is 10.6 Å². The first-order chi connectivity index (χ1) is 13.6. The van der Waals surface area contributed by atoms with E-state index in [1.807, 2.05) is 49.4 Å². The third-order valence-electron chi connectivity index (χ3n) is 4.47. The van der Waals surface area contributed by atoms with Gasteiger partial charge in [0.1, 0.15) is 5.52 Å². The molecule has 3 heterocycles. The predicted octanol–water partition coefficient (Wildman–Crippen LogP) is 4.96. The molecule has 0 fully saturated rings. The molecule has 1 aromatic carbocycles. The van der Waals surface area contributed by atoms with Gasteiger partial charge in [-0.25, -0.2) is 0 Å². The number of anilines is 2. The highest BCUT2D eigenvalue weighted by Gasteiger charge is 2.10. The molecule has 6 nitrogen and oxygen atoms in total. The van der Waals surface area contributed by atoms with Gasteiger partial charge < -0.3 is 15.1 Å². The van der Waals surface area contributed by atoms with Crippen LogP contribution in [0.1, 0.15) is 34.5 Å². The number of hydrogen-bond acceptors (Lipinski definition) is 5.